The Kier molecular flexibility index (Phi) is 8.81. The van der Waals surface area contributed by atoms with Gasteiger partial charge in [0.15, 0.2) is 0 Å². The van der Waals surface area contributed by atoms with Crippen LogP contribution in [0.4, 0.5) is 11.4 Å². The van der Waals surface area contributed by atoms with E-state index in [1.54, 1.807) is 0 Å². The second-order valence-corrected chi connectivity index (χ2v) is 19.8. The van der Waals surface area contributed by atoms with Crippen molar-refractivity contribution in [2.24, 2.45) is 0 Å². The molecule has 2 aliphatic rings. The van der Waals surface area contributed by atoms with E-state index >= 15 is 0 Å². The Bertz CT molecular complexity index is 4200. The van der Waals surface area contributed by atoms with Crippen LogP contribution in [0.1, 0.15) is 43.0 Å². The van der Waals surface area contributed by atoms with E-state index in [9.17, 15) is 0 Å². The molecule has 0 unspecified atom stereocenters. The predicted octanol–water partition coefficient (Wildman–Crippen LogP) is 18.1. The fourth-order valence-corrected chi connectivity index (χ4v) is 14.0. The van der Waals surface area contributed by atoms with Gasteiger partial charge in [0.1, 0.15) is 0 Å². The lowest BCUT2D eigenvalue weighted by Gasteiger charge is -2.44. The topological polar surface area (TPSA) is 13.1 Å². The van der Waals surface area contributed by atoms with Crippen LogP contribution in [0.3, 0.4) is 0 Å². The number of anilines is 2. The van der Waals surface area contributed by atoms with Crippen molar-refractivity contribution in [2.45, 2.75) is 39.3 Å². The van der Waals surface area contributed by atoms with E-state index in [1.807, 2.05) is 0 Å². The molecule has 15 rings (SSSR count). The summed E-state index contributed by atoms with van der Waals surface area (Å²) in [4.78, 5) is 2.51. The molecule has 0 saturated heterocycles. The van der Waals surface area contributed by atoms with Crippen LogP contribution < -0.4 is 4.90 Å². The fraction of sp³-hybridized carbons (Fsp3) is 0.101. The van der Waals surface area contributed by atoms with Crippen LogP contribution in [-0.2, 0) is 18.5 Å². The second kappa shape index (κ2) is 15.4. The Morgan fingerprint density at radius 3 is 1.24 bits per heavy atom. The van der Waals surface area contributed by atoms with Crippen molar-refractivity contribution in [3.63, 3.8) is 0 Å². The van der Waals surface area contributed by atoms with Gasteiger partial charge in [-0.05, 0) is 128 Å². The predicted molar refractivity (Wildman–Crippen MR) is 305 cm³/mol. The highest BCUT2D eigenvalue weighted by Gasteiger charge is 2.52. The minimum Gasteiger partial charge on any atom is -0.341 e. The second-order valence-electron chi connectivity index (χ2n) is 19.8. The Hall–Kier alpha value is -8.66. The molecule has 0 radical (unpaired) electrons. The highest BCUT2D eigenvalue weighted by atomic mass is 15.1. The van der Waals surface area contributed by atoms with Gasteiger partial charge >= 0.3 is 0 Å². The lowest BCUT2D eigenvalue weighted by molar-refractivity contribution is 0.739. The molecule has 0 bridgehead atoms. The van der Waals surface area contributed by atoms with Crippen molar-refractivity contribution in [1.82, 2.24) is 9.13 Å². The van der Waals surface area contributed by atoms with Crippen LogP contribution in [-0.4, -0.2) is 15.7 Å². The molecule has 0 fully saturated rings. The van der Waals surface area contributed by atoms with E-state index in [2.05, 4.69) is 253 Å². The van der Waals surface area contributed by atoms with Gasteiger partial charge in [0.25, 0.3) is 0 Å². The van der Waals surface area contributed by atoms with E-state index in [-0.39, 0.29) is 0 Å². The SMILES string of the molecule is CCN1c2ccccc2C2(c3ccccc3-c3c(-c4c5cccc(-c6cccc7c8ccccc8n(CC)c67)c5cc5c(-c6cccc7c8ccccc8n(CC)c67)cccc45)cccc32)c2ccccc21. The molecule has 0 amide bonds. The van der Waals surface area contributed by atoms with Gasteiger partial charge in [-0.1, -0.05) is 188 Å². The maximum atomic E-state index is 2.54. The number of benzene rings is 11. The molecule has 1 aliphatic heterocycles. The number of hydrogen-bond donors (Lipinski definition) is 0. The largest absolute Gasteiger partial charge is 0.341 e. The van der Waals surface area contributed by atoms with Crippen LogP contribution >= 0.6 is 0 Å². The number of fused-ring (bicyclic) bond motifs is 17. The third-order valence-electron chi connectivity index (χ3n) is 16.7. The van der Waals surface area contributed by atoms with Gasteiger partial charge < -0.3 is 14.0 Å². The van der Waals surface area contributed by atoms with Crippen molar-refractivity contribution in [3.05, 3.63) is 241 Å². The molecule has 1 aliphatic carbocycles. The summed E-state index contributed by atoms with van der Waals surface area (Å²) in [7, 11) is 0. The molecule has 0 N–H and O–H groups in total. The standard InChI is InChI=1S/C69H51N3/c1-4-70-63-40-15-11-35-58(63)69(59-36-12-16-41-64(59)70)57-34-10-7-24-53(57)66-54(33-21-37-60(66)69)65-47-27-17-25-43(49-29-19-31-51-45-22-8-13-38-61(45)71(5-2)67(49)51)55(47)42-56-44(26-18-28-48(56)65)50-30-20-32-52-46-23-9-14-39-62(46)72(6-3)68(50)52/h7-42H,4-6H2,1-3H3. The third-order valence-corrected chi connectivity index (χ3v) is 16.7. The van der Waals surface area contributed by atoms with Crippen molar-refractivity contribution < 1.29 is 0 Å². The number of hydrogen-bond acceptors (Lipinski definition) is 1. The third kappa shape index (κ3) is 5.25. The van der Waals surface area contributed by atoms with Gasteiger partial charge in [0.2, 0.25) is 0 Å². The average molecular weight is 922 g/mol. The zero-order valence-electron chi connectivity index (χ0n) is 40.7. The van der Waals surface area contributed by atoms with Gasteiger partial charge in [-0.25, -0.2) is 0 Å². The molecule has 3 nitrogen and oxygen atoms in total. The number of rotatable bonds is 6. The molecule has 0 atom stereocenters. The number of aryl methyl sites for hydroxylation is 2. The van der Waals surface area contributed by atoms with Gasteiger partial charge in [0, 0.05) is 74.7 Å². The van der Waals surface area contributed by atoms with Crippen molar-refractivity contribution in [1.29, 1.82) is 0 Å². The van der Waals surface area contributed by atoms with Crippen molar-refractivity contribution >= 4 is 76.5 Å². The van der Waals surface area contributed by atoms with Crippen molar-refractivity contribution in [2.75, 3.05) is 11.4 Å². The van der Waals surface area contributed by atoms with Gasteiger partial charge in [0.05, 0.1) is 16.4 Å². The number of para-hydroxylation sites is 6. The van der Waals surface area contributed by atoms with E-state index in [1.165, 1.54) is 143 Å². The highest BCUT2D eigenvalue weighted by Crippen LogP contribution is 2.64. The van der Waals surface area contributed by atoms with Crippen LogP contribution in [0.2, 0.25) is 0 Å². The van der Waals surface area contributed by atoms with Gasteiger partial charge in [-0.2, -0.15) is 0 Å². The summed E-state index contributed by atoms with van der Waals surface area (Å²) in [6.07, 6.45) is 0. The summed E-state index contributed by atoms with van der Waals surface area (Å²) in [5.41, 5.74) is 22.6. The quantitative estimate of drug-likeness (QED) is 0.152. The van der Waals surface area contributed by atoms with E-state index in [0.29, 0.717) is 0 Å². The molecule has 342 valence electrons. The number of nitrogens with zero attached hydrogens (tertiary/aromatic N) is 3. The molecule has 13 aromatic rings. The number of aromatic nitrogens is 2. The van der Waals surface area contributed by atoms with E-state index in [0.717, 1.165) is 19.6 Å². The molecule has 2 aromatic heterocycles. The summed E-state index contributed by atoms with van der Waals surface area (Å²) in [6, 6.07) is 83.2. The molecule has 1 spiro atoms. The lowest BCUT2D eigenvalue weighted by atomic mass is 9.64. The van der Waals surface area contributed by atoms with Crippen LogP contribution in [0.25, 0.3) is 110 Å². The van der Waals surface area contributed by atoms with Crippen LogP contribution in [0.15, 0.2) is 218 Å². The molecule has 11 aromatic carbocycles. The minimum atomic E-state index is -0.524. The average Bonchev–Trinajstić information content (AvgIpc) is 4.06. The van der Waals surface area contributed by atoms with Crippen molar-refractivity contribution in [3.8, 4) is 44.5 Å². The summed E-state index contributed by atoms with van der Waals surface area (Å²) in [5.74, 6) is 0. The first-order chi connectivity index (χ1) is 35.6. The normalized spacial score (nSPS) is 13.5. The Morgan fingerprint density at radius 1 is 0.292 bits per heavy atom. The Morgan fingerprint density at radius 2 is 0.694 bits per heavy atom. The molecular weight excluding hydrogens is 871 g/mol. The first-order valence-electron chi connectivity index (χ1n) is 25.8. The molecule has 72 heavy (non-hydrogen) atoms. The Balaban J connectivity index is 1.11. The van der Waals surface area contributed by atoms with E-state index < -0.39 is 5.41 Å². The van der Waals surface area contributed by atoms with Gasteiger partial charge in [-0.15, -0.1) is 0 Å². The molecule has 3 heteroatoms. The highest BCUT2D eigenvalue weighted by molar-refractivity contribution is 6.24. The summed E-state index contributed by atoms with van der Waals surface area (Å²) in [5, 5.41) is 10.2. The molecule has 3 heterocycles. The van der Waals surface area contributed by atoms with Gasteiger partial charge in [-0.3, -0.25) is 0 Å². The van der Waals surface area contributed by atoms with Crippen LogP contribution in [0.5, 0.6) is 0 Å². The zero-order chi connectivity index (χ0) is 47.8. The van der Waals surface area contributed by atoms with E-state index in [4.69, 9.17) is 0 Å². The lowest BCUT2D eigenvalue weighted by Crippen LogP contribution is -2.37. The summed E-state index contributed by atoms with van der Waals surface area (Å²) >= 11 is 0. The van der Waals surface area contributed by atoms with Crippen LogP contribution in [0, 0.1) is 0 Å². The smallest absolute Gasteiger partial charge is 0.0754 e. The zero-order valence-corrected chi connectivity index (χ0v) is 40.7. The summed E-state index contributed by atoms with van der Waals surface area (Å²) < 4.78 is 5.05. The molecule has 0 saturated carbocycles. The summed E-state index contributed by atoms with van der Waals surface area (Å²) in [6.45, 7) is 9.47. The Labute approximate surface area is 419 Å². The maximum Gasteiger partial charge on any atom is 0.0754 e. The monoisotopic (exact) mass is 921 g/mol. The maximum absolute atomic E-state index is 2.54. The molecular formula is C69H51N3. The minimum absolute atomic E-state index is 0.524. The first-order valence-corrected chi connectivity index (χ1v) is 25.8. The first kappa shape index (κ1) is 41.2. The fourth-order valence-electron chi connectivity index (χ4n) is 14.0.